The van der Waals surface area contributed by atoms with E-state index in [1.165, 1.54) is 5.56 Å². The van der Waals surface area contributed by atoms with Gasteiger partial charge in [0.15, 0.2) is 0 Å². The lowest BCUT2D eigenvalue weighted by Crippen LogP contribution is -2.48. The molecular formula is C17H27N3O. The van der Waals surface area contributed by atoms with Crippen LogP contribution in [0.25, 0.3) is 0 Å². The summed E-state index contributed by atoms with van der Waals surface area (Å²) in [6.07, 6.45) is 1.10. The summed E-state index contributed by atoms with van der Waals surface area (Å²) in [5.41, 5.74) is 2.40. The number of hydrogen-bond acceptors (Lipinski definition) is 4. The van der Waals surface area contributed by atoms with E-state index in [9.17, 15) is 0 Å². The van der Waals surface area contributed by atoms with Crippen LogP contribution in [0.3, 0.4) is 0 Å². The maximum atomic E-state index is 6.01. The van der Waals surface area contributed by atoms with E-state index in [4.69, 9.17) is 4.74 Å². The minimum atomic E-state index is -0.122. The smallest absolute Gasteiger partial charge is 0.143 e. The molecule has 1 atom stereocenters. The van der Waals surface area contributed by atoms with Crippen molar-refractivity contribution in [2.24, 2.45) is 0 Å². The number of piperazine rings is 1. The summed E-state index contributed by atoms with van der Waals surface area (Å²) in [4.78, 5) is 2.57. The number of benzene rings is 1. The van der Waals surface area contributed by atoms with E-state index in [1.807, 2.05) is 0 Å². The molecule has 1 fully saturated rings. The zero-order valence-corrected chi connectivity index (χ0v) is 13.4. The van der Waals surface area contributed by atoms with Gasteiger partial charge in [0.1, 0.15) is 11.4 Å². The summed E-state index contributed by atoms with van der Waals surface area (Å²) in [6, 6.07) is 7.17. The average molecular weight is 289 g/mol. The first kappa shape index (κ1) is 14.7. The summed E-state index contributed by atoms with van der Waals surface area (Å²) < 4.78 is 6.01. The molecular weight excluding hydrogens is 262 g/mol. The highest BCUT2D eigenvalue weighted by Gasteiger charge is 2.26. The number of hydrogen-bond donors (Lipinski definition) is 2. The maximum Gasteiger partial charge on any atom is 0.143 e. The molecule has 1 unspecified atom stereocenters. The number of nitrogens with one attached hydrogen (secondary N) is 2. The van der Waals surface area contributed by atoms with Crippen LogP contribution >= 0.6 is 0 Å². The lowest BCUT2D eigenvalue weighted by atomic mass is 10.0. The molecule has 4 heteroatoms. The quantitative estimate of drug-likeness (QED) is 0.893. The van der Waals surface area contributed by atoms with Gasteiger partial charge in [-0.2, -0.15) is 0 Å². The number of anilines is 1. The number of ether oxygens (including phenoxy) is 1. The van der Waals surface area contributed by atoms with Crippen LogP contribution in [-0.2, 0) is 6.42 Å². The van der Waals surface area contributed by atoms with Crippen LogP contribution in [0, 0.1) is 0 Å². The van der Waals surface area contributed by atoms with Crippen molar-refractivity contribution in [3.05, 3.63) is 23.8 Å². The van der Waals surface area contributed by atoms with Gasteiger partial charge < -0.3 is 15.4 Å². The van der Waals surface area contributed by atoms with Crippen molar-refractivity contribution in [3.63, 3.8) is 0 Å². The zero-order chi connectivity index (χ0) is 14.9. The number of fused-ring (bicyclic) bond motifs is 1. The second-order valence-corrected chi connectivity index (χ2v) is 6.88. The Morgan fingerprint density at radius 3 is 2.81 bits per heavy atom. The third-order valence-corrected chi connectivity index (χ3v) is 4.44. The van der Waals surface area contributed by atoms with E-state index < -0.39 is 0 Å². The second-order valence-electron chi connectivity index (χ2n) is 6.88. The van der Waals surface area contributed by atoms with Crippen LogP contribution in [0.15, 0.2) is 18.2 Å². The molecule has 0 saturated carbocycles. The fraction of sp³-hybridized carbons (Fsp3) is 0.647. The fourth-order valence-electron chi connectivity index (χ4n) is 3.17. The average Bonchev–Trinajstić information content (AvgIpc) is 2.48. The molecule has 1 aromatic rings. The molecule has 0 aliphatic carbocycles. The van der Waals surface area contributed by atoms with Crippen LogP contribution in [0.2, 0.25) is 0 Å². The lowest BCUT2D eigenvalue weighted by molar-refractivity contribution is 0.116. The van der Waals surface area contributed by atoms with Crippen molar-refractivity contribution >= 4 is 5.69 Å². The molecule has 0 spiro atoms. The first-order valence-corrected chi connectivity index (χ1v) is 8.04. The molecule has 116 valence electrons. The van der Waals surface area contributed by atoms with Crippen molar-refractivity contribution in [3.8, 4) is 5.75 Å². The van der Waals surface area contributed by atoms with Gasteiger partial charge in [-0.05, 0) is 44.9 Å². The van der Waals surface area contributed by atoms with Gasteiger partial charge in [-0.25, -0.2) is 0 Å². The molecule has 4 nitrogen and oxygen atoms in total. The monoisotopic (exact) mass is 289 g/mol. The molecule has 2 aliphatic heterocycles. The molecule has 21 heavy (non-hydrogen) atoms. The Morgan fingerprint density at radius 1 is 1.29 bits per heavy atom. The van der Waals surface area contributed by atoms with Crippen molar-refractivity contribution in [2.75, 3.05) is 38.0 Å². The summed E-state index contributed by atoms with van der Waals surface area (Å²) in [7, 11) is 0. The number of rotatable bonds is 3. The third-order valence-electron chi connectivity index (χ3n) is 4.44. The molecule has 2 heterocycles. The summed E-state index contributed by atoms with van der Waals surface area (Å²) >= 11 is 0. The van der Waals surface area contributed by atoms with E-state index in [2.05, 4.69) is 54.5 Å². The Kier molecular flexibility index (Phi) is 4.09. The Hall–Kier alpha value is -1.26. The molecule has 0 amide bonds. The first-order chi connectivity index (χ1) is 10.0. The van der Waals surface area contributed by atoms with Gasteiger partial charge in [0, 0.05) is 32.2 Å². The lowest BCUT2D eigenvalue weighted by Gasteiger charge is -2.35. The molecule has 0 radical (unpaired) electrons. The maximum absolute atomic E-state index is 6.01. The predicted molar refractivity (Wildman–Crippen MR) is 87.2 cm³/mol. The molecule has 2 aliphatic rings. The highest BCUT2D eigenvalue weighted by molar-refractivity contribution is 5.60. The minimum absolute atomic E-state index is 0.122. The van der Waals surface area contributed by atoms with E-state index in [-0.39, 0.29) is 5.60 Å². The Morgan fingerprint density at radius 2 is 2.05 bits per heavy atom. The van der Waals surface area contributed by atoms with Crippen LogP contribution in [-0.4, -0.2) is 49.3 Å². The standard InChI is InChI=1S/C17H27N3O/c1-13(20-8-6-18-7-9-20)10-14-4-5-16-15(11-14)19-12-17(2,3)21-16/h4-5,11,13,18-19H,6-10,12H2,1-3H3. The zero-order valence-electron chi connectivity index (χ0n) is 13.4. The van der Waals surface area contributed by atoms with Crippen LogP contribution in [0.4, 0.5) is 5.69 Å². The van der Waals surface area contributed by atoms with Gasteiger partial charge in [-0.3, -0.25) is 4.90 Å². The SMILES string of the molecule is CC(Cc1ccc2c(c1)NCC(C)(C)O2)N1CCNCC1. The van der Waals surface area contributed by atoms with E-state index in [0.29, 0.717) is 6.04 Å². The van der Waals surface area contributed by atoms with Crippen molar-refractivity contribution in [1.82, 2.24) is 10.2 Å². The van der Waals surface area contributed by atoms with Crippen molar-refractivity contribution in [1.29, 1.82) is 0 Å². The highest BCUT2D eigenvalue weighted by atomic mass is 16.5. The van der Waals surface area contributed by atoms with E-state index >= 15 is 0 Å². The van der Waals surface area contributed by atoms with Crippen LogP contribution in [0.1, 0.15) is 26.3 Å². The Balaban J connectivity index is 1.67. The molecule has 0 aromatic heterocycles. The Bertz CT molecular complexity index is 495. The molecule has 1 aromatic carbocycles. The van der Waals surface area contributed by atoms with Gasteiger partial charge >= 0.3 is 0 Å². The van der Waals surface area contributed by atoms with Gasteiger partial charge in [-0.15, -0.1) is 0 Å². The second kappa shape index (κ2) is 5.85. The predicted octanol–water partition coefficient (Wildman–Crippen LogP) is 2.11. The molecule has 0 bridgehead atoms. The molecule has 1 saturated heterocycles. The summed E-state index contributed by atoms with van der Waals surface area (Å²) in [6.45, 7) is 11.9. The Labute approximate surface area is 127 Å². The summed E-state index contributed by atoms with van der Waals surface area (Å²) in [5.74, 6) is 0.977. The van der Waals surface area contributed by atoms with Gasteiger partial charge in [0.2, 0.25) is 0 Å². The van der Waals surface area contributed by atoms with E-state index in [0.717, 1.165) is 50.6 Å². The fourth-order valence-corrected chi connectivity index (χ4v) is 3.17. The molecule has 3 rings (SSSR count). The van der Waals surface area contributed by atoms with Crippen molar-refractivity contribution < 1.29 is 4.74 Å². The third kappa shape index (κ3) is 3.50. The topological polar surface area (TPSA) is 36.5 Å². The summed E-state index contributed by atoms with van der Waals surface area (Å²) in [5, 5.41) is 6.91. The van der Waals surface area contributed by atoms with E-state index in [1.54, 1.807) is 0 Å². The number of nitrogens with zero attached hydrogens (tertiary/aromatic N) is 1. The minimum Gasteiger partial charge on any atom is -0.484 e. The largest absolute Gasteiger partial charge is 0.484 e. The molecule has 2 N–H and O–H groups in total. The highest BCUT2D eigenvalue weighted by Crippen LogP contribution is 2.33. The van der Waals surface area contributed by atoms with Crippen LogP contribution < -0.4 is 15.4 Å². The van der Waals surface area contributed by atoms with Crippen molar-refractivity contribution in [2.45, 2.75) is 38.8 Å². The first-order valence-electron chi connectivity index (χ1n) is 8.04. The van der Waals surface area contributed by atoms with Gasteiger partial charge in [-0.1, -0.05) is 6.07 Å². The van der Waals surface area contributed by atoms with Gasteiger partial charge in [0.25, 0.3) is 0 Å². The van der Waals surface area contributed by atoms with Crippen LogP contribution in [0.5, 0.6) is 5.75 Å². The van der Waals surface area contributed by atoms with Gasteiger partial charge in [0.05, 0.1) is 12.2 Å². The normalized spacial score (nSPS) is 22.8.